The third-order valence-electron chi connectivity index (χ3n) is 8.66. The molecule has 0 amide bonds. The maximum absolute atomic E-state index is 8.41. The molecule has 0 N–H and O–H groups in total. The number of hydrogen-bond acceptors (Lipinski definition) is 4. The molecule has 0 spiro atoms. The largest absolute Gasteiger partial charge is 0.456 e. The maximum atomic E-state index is 8.41. The Morgan fingerprint density at radius 1 is 0.388 bits per heavy atom. The number of furan rings is 1. The number of hydrogen-bond donors (Lipinski definition) is 0. The average Bonchev–Trinajstić information content (AvgIpc) is 3.61. The normalized spacial score (nSPS) is 12.7. The lowest BCUT2D eigenvalue weighted by Crippen LogP contribution is -2.00. The molecule has 0 aliphatic rings. The first kappa shape index (κ1) is 23.6. The van der Waals surface area contributed by atoms with Gasteiger partial charge in [-0.25, -0.2) is 15.0 Å². The highest BCUT2D eigenvalue weighted by atomic mass is 16.3. The van der Waals surface area contributed by atoms with Crippen molar-refractivity contribution in [3.05, 3.63) is 176 Å². The predicted molar refractivity (Wildman–Crippen MR) is 200 cm³/mol. The Morgan fingerprint density at radius 3 is 1.57 bits per heavy atom. The zero-order valence-electron chi connectivity index (χ0n) is 31.1. The van der Waals surface area contributed by atoms with Gasteiger partial charge in [0.2, 0.25) is 0 Å². The standard InChI is InChI=1S/C45H29N3O/c1-4-11-30(12-5-1)32-19-23-34(24-20-32)38-17-10-18-40-42(38)39-28-27-37(29-41(39)49-40)45-47-43(35-15-8-3-9-16-35)46-44(48-45)36-25-21-33(22-26-36)31-13-6-2-7-14-31/h1-29H/i2D,6D,7D,13D,14D. The molecule has 9 rings (SSSR count). The highest BCUT2D eigenvalue weighted by Gasteiger charge is 2.17. The molecule has 4 heteroatoms. The van der Waals surface area contributed by atoms with Crippen molar-refractivity contribution in [1.29, 1.82) is 0 Å². The van der Waals surface area contributed by atoms with Gasteiger partial charge < -0.3 is 4.42 Å². The highest BCUT2D eigenvalue weighted by molar-refractivity contribution is 6.13. The second-order valence-corrected chi connectivity index (χ2v) is 11.7. The first-order valence-corrected chi connectivity index (χ1v) is 15.9. The van der Waals surface area contributed by atoms with E-state index in [0.29, 0.717) is 34.2 Å². The summed E-state index contributed by atoms with van der Waals surface area (Å²) in [4.78, 5) is 14.7. The lowest BCUT2D eigenvalue weighted by atomic mass is 9.96. The van der Waals surface area contributed by atoms with E-state index in [0.717, 1.165) is 44.2 Å². The van der Waals surface area contributed by atoms with Gasteiger partial charge in [0.05, 0.1) is 6.85 Å². The van der Waals surface area contributed by atoms with Crippen molar-refractivity contribution >= 4 is 21.9 Å². The van der Waals surface area contributed by atoms with Gasteiger partial charge in [-0.1, -0.05) is 158 Å². The van der Waals surface area contributed by atoms with Crippen LogP contribution in [0, 0.1) is 0 Å². The van der Waals surface area contributed by atoms with Crippen LogP contribution in [0.3, 0.4) is 0 Å². The van der Waals surface area contributed by atoms with Gasteiger partial charge in [-0.15, -0.1) is 0 Å². The van der Waals surface area contributed by atoms with Crippen LogP contribution in [0.15, 0.2) is 180 Å². The topological polar surface area (TPSA) is 51.8 Å². The maximum Gasteiger partial charge on any atom is 0.164 e. The Hall–Kier alpha value is -6.65. The van der Waals surface area contributed by atoms with Crippen LogP contribution < -0.4 is 0 Å². The second-order valence-electron chi connectivity index (χ2n) is 11.7. The van der Waals surface area contributed by atoms with E-state index in [1.54, 1.807) is 24.3 Å². The zero-order chi connectivity index (χ0) is 36.9. The Bertz CT molecular complexity index is 2830. The van der Waals surface area contributed by atoms with Gasteiger partial charge in [0.15, 0.2) is 17.5 Å². The summed E-state index contributed by atoms with van der Waals surface area (Å²) in [6, 6.07) is 46.1. The molecule has 0 radical (unpaired) electrons. The number of nitrogens with zero attached hydrogens (tertiary/aromatic N) is 3. The Labute approximate surface area is 291 Å². The van der Waals surface area contributed by atoms with Gasteiger partial charge in [0, 0.05) is 27.5 Å². The molecule has 0 fully saturated rings. The van der Waals surface area contributed by atoms with Crippen LogP contribution in [-0.2, 0) is 0 Å². The molecule has 7 aromatic carbocycles. The number of benzene rings is 7. The summed E-state index contributed by atoms with van der Waals surface area (Å²) < 4.78 is 47.4. The smallest absolute Gasteiger partial charge is 0.164 e. The summed E-state index contributed by atoms with van der Waals surface area (Å²) in [5.74, 6) is 1.39. The van der Waals surface area contributed by atoms with Crippen LogP contribution in [0.25, 0.3) is 89.5 Å². The predicted octanol–water partition coefficient (Wildman–Crippen LogP) is 11.8. The summed E-state index contributed by atoms with van der Waals surface area (Å²) in [5, 5.41) is 2.02. The zero-order valence-corrected chi connectivity index (χ0v) is 26.1. The molecule has 0 atom stereocenters. The van der Waals surface area contributed by atoms with Crippen LogP contribution in [0.5, 0.6) is 0 Å². The van der Waals surface area contributed by atoms with Crippen LogP contribution in [0.1, 0.15) is 6.85 Å². The quantitative estimate of drug-likeness (QED) is 0.183. The van der Waals surface area contributed by atoms with Gasteiger partial charge in [-0.05, 0) is 51.6 Å². The first-order chi connectivity index (χ1) is 26.3. The van der Waals surface area contributed by atoms with Crippen LogP contribution in [0.2, 0.25) is 0 Å². The summed E-state index contributed by atoms with van der Waals surface area (Å²) in [7, 11) is 0. The molecular formula is C45H29N3O. The molecule has 0 saturated carbocycles. The van der Waals surface area contributed by atoms with Crippen LogP contribution >= 0.6 is 0 Å². The van der Waals surface area contributed by atoms with E-state index >= 15 is 0 Å². The first-order valence-electron chi connectivity index (χ1n) is 18.4. The van der Waals surface area contributed by atoms with Crippen LogP contribution in [-0.4, -0.2) is 15.0 Å². The molecule has 0 saturated heterocycles. The number of rotatable bonds is 6. The molecular weight excluding hydrogens is 599 g/mol. The van der Waals surface area contributed by atoms with Crippen molar-refractivity contribution in [3.8, 4) is 67.5 Å². The molecule has 4 nitrogen and oxygen atoms in total. The van der Waals surface area contributed by atoms with Gasteiger partial charge >= 0.3 is 0 Å². The Kier molecular flexibility index (Phi) is 5.87. The number of fused-ring (bicyclic) bond motifs is 3. The van der Waals surface area contributed by atoms with Gasteiger partial charge in [0.25, 0.3) is 0 Å². The fraction of sp³-hybridized carbons (Fsp3) is 0. The fourth-order valence-corrected chi connectivity index (χ4v) is 6.21. The highest BCUT2D eigenvalue weighted by Crippen LogP contribution is 2.39. The van der Waals surface area contributed by atoms with E-state index in [1.807, 2.05) is 72.8 Å². The Balaban J connectivity index is 1.12. The third kappa shape index (κ3) is 5.45. The Morgan fingerprint density at radius 2 is 0.898 bits per heavy atom. The minimum absolute atomic E-state index is 0.139. The van der Waals surface area contributed by atoms with Gasteiger partial charge in [-0.3, -0.25) is 0 Å². The monoisotopic (exact) mass is 632 g/mol. The minimum Gasteiger partial charge on any atom is -0.456 e. The molecule has 230 valence electrons. The minimum atomic E-state index is -0.424. The van der Waals surface area contributed by atoms with Crippen molar-refractivity contribution in [2.45, 2.75) is 0 Å². The summed E-state index contributed by atoms with van der Waals surface area (Å²) in [6.45, 7) is 0. The molecule has 0 bridgehead atoms. The molecule has 2 aromatic heterocycles. The summed E-state index contributed by atoms with van der Waals surface area (Å²) >= 11 is 0. The van der Waals surface area contributed by atoms with Crippen molar-refractivity contribution < 1.29 is 11.3 Å². The third-order valence-corrected chi connectivity index (χ3v) is 8.66. The van der Waals surface area contributed by atoms with Gasteiger partial charge in [0.1, 0.15) is 11.2 Å². The van der Waals surface area contributed by atoms with Crippen LogP contribution in [0.4, 0.5) is 0 Å². The number of aromatic nitrogens is 3. The molecule has 2 heterocycles. The SMILES string of the molecule is [2H]c1c([2H])c([2H])c(-c2ccc(-c3nc(-c4ccccc4)nc(-c4ccc5c(c4)oc4cccc(-c6ccc(-c7ccccc7)cc6)c45)n3)cc2)c([2H])c1[2H]. The lowest BCUT2D eigenvalue weighted by Gasteiger charge is -2.09. The van der Waals surface area contributed by atoms with E-state index in [4.69, 9.17) is 26.2 Å². The van der Waals surface area contributed by atoms with Crippen molar-refractivity contribution in [3.63, 3.8) is 0 Å². The van der Waals surface area contributed by atoms with Crippen molar-refractivity contribution in [1.82, 2.24) is 15.0 Å². The second kappa shape index (κ2) is 12.2. The van der Waals surface area contributed by atoms with E-state index in [1.165, 1.54) is 5.56 Å². The molecule has 49 heavy (non-hydrogen) atoms. The van der Waals surface area contributed by atoms with E-state index < -0.39 is 6.04 Å². The summed E-state index contributed by atoms with van der Waals surface area (Å²) in [5.41, 5.74) is 8.90. The van der Waals surface area contributed by atoms with Crippen molar-refractivity contribution in [2.75, 3.05) is 0 Å². The molecule has 9 aromatic rings. The van der Waals surface area contributed by atoms with E-state index in [9.17, 15) is 0 Å². The average molecular weight is 633 g/mol. The van der Waals surface area contributed by atoms with Gasteiger partial charge in [-0.2, -0.15) is 0 Å². The lowest BCUT2D eigenvalue weighted by molar-refractivity contribution is 0.669. The summed E-state index contributed by atoms with van der Waals surface area (Å²) in [6.07, 6.45) is 0. The molecule has 0 aliphatic heterocycles. The fourth-order valence-electron chi connectivity index (χ4n) is 6.21. The molecule has 0 aliphatic carbocycles. The van der Waals surface area contributed by atoms with E-state index in [2.05, 4.69) is 48.5 Å². The van der Waals surface area contributed by atoms with E-state index in [-0.39, 0.29) is 29.7 Å². The van der Waals surface area contributed by atoms with Crippen molar-refractivity contribution in [2.24, 2.45) is 0 Å². The molecule has 0 unspecified atom stereocenters.